The summed E-state index contributed by atoms with van der Waals surface area (Å²) in [7, 11) is 0. The molecule has 0 fully saturated rings. The van der Waals surface area contributed by atoms with E-state index >= 15 is 0 Å². The van der Waals surface area contributed by atoms with Gasteiger partial charge in [-0.3, -0.25) is 4.79 Å². The molecule has 9 heavy (non-hydrogen) atoms. The predicted molar refractivity (Wildman–Crippen MR) is 36.0 cm³/mol. The van der Waals surface area contributed by atoms with Gasteiger partial charge in [0.25, 0.3) is 0 Å². The SMILES string of the molecule is CCOCCC(=O)O.Cl. The summed E-state index contributed by atoms with van der Waals surface area (Å²) in [5.41, 5.74) is 0. The van der Waals surface area contributed by atoms with Crippen LogP contribution < -0.4 is 0 Å². The van der Waals surface area contributed by atoms with E-state index in [4.69, 9.17) is 9.84 Å². The first-order valence-corrected chi connectivity index (χ1v) is 2.57. The van der Waals surface area contributed by atoms with E-state index in [1.807, 2.05) is 6.92 Å². The van der Waals surface area contributed by atoms with Crippen molar-refractivity contribution in [1.82, 2.24) is 0 Å². The minimum atomic E-state index is -0.807. The smallest absolute Gasteiger partial charge is 0.305 e. The van der Waals surface area contributed by atoms with Crippen LogP contribution in [0.2, 0.25) is 0 Å². The molecule has 0 heterocycles. The van der Waals surface area contributed by atoms with Crippen molar-refractivity contribution in [2.45, 2.75) is 13.3 Å². The lowest BCUT2D eigenvalue weighted by atomic mass is 10.5. The Hall–Kier alpha value is -0.280. The lowest BCUT2D eigenvalue weighted by molar-refractivity contribution is -0.138. The number of carbonyl (C=O) groups is 1. The Morgan fingerprint density at radius 2 is 2.22 bits per heavy atom. The minimum absolute atomic E-state index is 0. The third-order valence-corrected chi connectivity index (χ3v) is 0.664. The van der Waals surface area contributed by atoms with Crippen molar-refractivity contribution in [3.05, 3.63) is 0 Å². The molecule has 0 aliphatic carbocycles. The van der Waals surface area contributed by atoms with Gasteiger partial charge in [0, 0.05) is 6.61 Å². The molecule has 1 N–H and O–H groups in total. The molecule has 0 aliphatic heterocycles. The second-order valence-corrected chi connectivity index (χ2v) is 1.34. The van der Waals surface area contributed by atoms with E-state index in [1.165, 1.54) is 0 Å². The minimum Gasteiger partial charge on any atom is -0.481 e. The Morgan fingerprint density at radius 3 is 2.56 bits per heavy atom. The second kappa shape index (κ2) is 7.72. The maximum absolute atomic E-state index is 9.79. The number of carboxylic acid groups (broad SMARTS) is 1. The number of aliphatic carboxylic acids is 1. The molecule has 0 spiro atoms. The fourth-order valence-corrected chi connectivity index (χ4v) is 0.304. The first-order chi connectivity index (χ1) is 3.77. The van der Waals surface area contributed by atoms with Gasteiger partial charge in [-0.05, 0) is 6.92 Å². The van der Waals surface area contributed by atoms with E-state index < -0.39 is 5.97 Å². The van der Waals surface area contributed by atoms with Crippen LogP contribution in [0.15, 0.2) is 0 Å². The fraction of sp³-hybridized carbons (Fsp3) is 0.800. The molecule has 0 aliphatic rings. The molecule has 0 aromatic heterocycles. The van der Waals surface area contributed by atoms with Gasteiger partial charge in [0.05, 0.1) is 13.0 Å². The van der Waals surface area contributed by atoms with E-state index in [9.17, 15) is 4.79 Å². The van der Waals surface area contributed by atoms with Gasteiger partial charge in [-0.2, -0.15) is 0 Å². The molecule has 0 rings (SSSR count). The summed E-state index contributed by atoms with van der Waals surface area (Å²) in [6, 6.07) is 0. The normalized spacial score (nSPS) is 8.11. The molecule has 0 saturated carbocycles. The zero-order valence-electron chi connectivity index (χ0n) is 5.29. The highest BCUT2D eigenvalue weighted by Gasteiger charge is 1.92. The van der Waals surface area contributed by atoms with E-state index in [-0.39, 0.29) is 18.8 Å². The topological polar surface area (TPSA) is 46.5 Å². The van der Waals surface area contributed by atoms with Crippen molar-refractivity contribution in [2.75, 3.05) is 13.2 Å². The number of carboxylic acids is 1. The van der Waals surface area contributed by atoms with Crippen LogP contribution >= 0.6 is 12.4 Å². The Kier molecular flexibility index (Phi) is 9.87. The Bertz CT molecular complexity index is 74.6. The molecular formula is C5H11ClO3. The van der Waals surface area contributed by atoms with Crippen LogP contribution in [-0.4, -0.2) is 24.3 Å². The van der Waals surface area contributed by atoms with Gasteiger partial charge < -0.3 is 9.84 Å². The van der Waals surface area contributed by atoms with Gasteiger partial charge >= 0.3 is 5.97 Å². The molecule has 3 nitrogen and oxygen atoms in total. The molecule has 0 atom stereocenters. The van der Waals surface area contributed by atoms with E-state index in [0.717, 1.165) is 0 Å². The van der Waals surface area contributed by atoms with Gasteiger partial charge in [0.2, 0.25) is 0 Å². The van der Waals surface area contributed by atoms with Crippen molar-refractivity contribution in [2.24, 2.45) is 0 Å². The molecule has 0 radical (unpaired) electrons. The summed E-state index contributed by atoms with van der Waals surface area (Å²) < 4.78 is 4.76. The first kappa shape index (κ1) is 11.5. The van der Waals surface area contributed by atoms with Crippen LogP contribution in [-0.2, 0) is 9.53 Å². The molecule has 0 aromatic rings. The van der Waals surface area contributed by atoms with Crippen molar-refractivity contribution >= 4 is 18.4 Å². The van der Waals surface area contributed by atoms with Crippen molar-refractivity contribution in [1.29, 1.82) is 0 Å². The summed E-state index contributed by atoms with van der Waals surface area (Å²) in [4.78, 5) is 9.79. The van der Waals surface area contributed by atoms with E-state index in [0.29, 0.717) is 13.2 Å². The summed E-state index contributed by atoms with van der Waals surface area (Å²) >= 11 is 0. The molecule has 0 unspecified atom stereocenters. The summed E-state index contributed by atoms with van der Waals surface area (Å²) in [5.74, 6) is -0.807. The van der Waals surface area contributed by atoms with Gasteiger partial charge in [0.15, 0.2) is 0 Å². The fourth-order valence-electron chi connectivity index (χ4n) is 0.304. The van der Waals surface area contributed by atoms with Gasteiger partial charge in [-0.1, -0.05) is 0 Å². The van der Waals surface area contributed by atoms with Gasteiger partial charge in [-0.15, -0.1) is 12.4 Å². The maximum Gasteiger partial charge on any atom is 0.305 e. The summed E-state index contributed by atoms with van der Waals surface area (Å²) in [6.07, 6.45) is 0.105. The number of rotatable bonds is 4. The predicted octanol–water partition coefficient (Wildman–Crippen LogP) is 0.919. The largest absolute Gasteiger partial charge is 0.481 e. The number of halogens is 1. The van der Waals surface area contributed by atoms with Crippen LogP contribution in [0.1, 0.15) is 13.3 Å². The number of ether oxygens (including phenoxy) is 1. The number of hydrogen-bond acceptors (Lipinski definition) is 2. The molecule has 0 saturated heterocycles. The van der Waals surface area contributed by atoms with Crippen molar-refractivity contribution in [3.8, 4) is 0 Å². The highest BCUT2D eigenvalue weighted by molar-refractivity contribution is 5.85. The molecular weight excluding hydrogens is 144 g/mol. The Morgan fingerprint density at radius 1 is 1.67 bits per heavy atom. The third-order valence-electron chi connectivity index (χ3n) is 0.664. The van der Waals surface area contributed by atoms with Crippen LogP contribution in [0.5, 0.6) is 0 Å². The Labute approximate surface area is 60.4 Å². The zero-order chi connectivity index (χ0) is 6.41. The monoisotopic (exact) mass is 154 g/mol. The zero-order valence-corrected chi connectivity index (χ0v) is 6.11. The Balaban J connectivity index is 0. The lowest BCUT2D eigenvalue weighted by Gasteiger charge is -1.93. The molecule has 0 aromatic carbocycles. The van der Waals surface area contributed by atoms with E-state index in [1.54, 1.807) is 0 Å². The highest BCUT2D eigenvalue weighted by atomic mass is 35.5. The van der Waals surface area contributed by atoms with Crippen LogP contribution in [0, 0.1) is 0 Å². The molecule has 56 valence electrons. The van der Waals surface area contributed by atoms with Crippen molar-refractivity contribution < 1.29 is 14.6 Å². The standard InChI is InChI=1S/C5H10O3.ClH/c1-2-8-4-3-5(6)7;/h2-4H2,1H3,(H,6,7);1H. The van der Waals surface area contributed by atoms with Crippen molar-refractivity contribution in [3.63, 3.8) is 0 Å². The van der Waals surface area contributed by atoms with Crippen LogP contribution in [0.3, 0.4) is 0 Å². The van der Waals surface area contributed by atoms with Gasteiger partial charge in [-0.25, -0.2) is 0 Å². The third kappa shape index (κ3) is 11.3. The van der Waals surface area contributed by atoms with E-state index in [2.05, 4.69) is 0 Å². The molecule has 4 heteroatoms. The summed E-state index contributed by atoms with van der Waals surface area (Å²) in [5, 5.41) is 8.06. The molecule has 0 amide bonds. The first-order valence-electron chi connectivity index (χ1n) is 2.57. The molecule has 0 bridgehead atoms. The van der Waals surface area contributed by atoms with Gasteiger partial charge in [0.1, 0.15) is 0 Å². The summed E-state index contributed by atoms with van der Waals surface area (Å²) in [6.45, 7) is 2.75. The number of hydrogen-bond donors (Lipinski definition) is 1. The average Bonchev–Trinajstić information content (AvgIpc) is 1.66. The maximum atomic E-state index is 9.79. The van der Waals surface area contributed by atoms with Crippen LogP contribution in [0.25, 0.3) is 0 Å². The second-order valence-electron chi connectivity index (χ2n) is 1.34. The quantitative estimate of drug-likeness (QED) is 0.613. The lowest BCUT2D eigenvalue weighted by Crippen LogP contribution is -2.01. The average molecular weight is 155 g/mol. The highest BCUT2D eigenvalue weighted by Crippen LogP contribution is 1.79. The van der Waals surface area contributed by atoms with Crippen LogP contribution in [0.4, 0.5) is 0 Å².